The fourth-order valence-electron chi connectivity index (χ4n) is 2.69. The van der Waals surface area contributed by atoms with Crippen LogP contribution >= 0.6 is 23.2 Å². The summed E-state index contributed by atoms with van der Waals surface area (Å²) in [5.41, 5.74) is -0.206. The molecule has 0 fully saturated rings. The van der Waals surface area contributed by atoms with Gasteiger partial charge in [-0.3, -0.25) is 19.6 Å². The molecular formula is C16H13Cl2N7O5. The molecule has 12 nitrogen and oxygen atoms in total. The minimum atomic E-state index is -0.971. The Kier molecular flexibility index (Phi) is 5.99. The summed E-state index contributed by atoms with van der Waals surface area (Å²) in [5.74, 6) is -1.34. The lowest BCUT2D eigenvalue weighted by atomic mass is 10.2. The first-order valence-corrected chi connectivity index (χ1v) is 9.05. The summed E-state index contributed by atoms with van der Waals surface area (Å²) < 4.78 is 2.41. The molecule has 3 aromatic rings. The molecule has 3 rings (SSSR count). The summed E-state index contributed by atoms with van der Waals surface area (Å²) in [7, 11) is 0. The van der Waals surface area contributed by atoms with Gasteiger partial charge < -0.3 is 15.4 Å². The molecule has 0 aliphatic heterocycles. The molecule has 0 radical (unpaired) electrons. The van der Waals surface area contributed by atoms with Gasteiger partial charge in [0.2, 0.25) is 5.91 Å². The number of aromatic nitrogens is 4. The van der Waals surface area contributed by atoms with Crippen molar-refractivity contribution < 1.29 is 14.6 Å². The van der Waals surface area contributed by atoms with Gasteiger partial charge in [-0.25, -0.2) is 0 Å². The van der Waals surface area contributed by atoms with Gasteiger partial charge >= 0.3 is 11.5 Å². The molecule has 0 saturated heterocycles. The number of benzene rings is 1. The quantitative estimate of drug-likeness (QED) is 0.425. The van der Waals surface area contributed by atoms with Crippen LogP contribution in [-0.2, 0) is 17.9 Å². The van der Waals surface area contributed by atoms with E-state index in [1.54, 1.807) is 24.4 Å². The van der Waals surface area contributed by atoms with Crippen LogP contribution in [0.4, 0.5) is 17.3 Å². The number of carbonyl (C=O) groups is 1. The maximum Gasteiger partial charge on any atom is 0.468 e. The minimum absolute atomic E-state index is 0.110. The third kappa shape index (κ3) is 4.39. The average Bonchev–Trinajstić information content (AvgIpc) is 3.23. The molecule has 1 aromatic carbocycles. The highest BCUT2D eigenvalue weighted by Gasteiger charge is 2.35. The van der Waals surface area contributed by atoms with Crippen molar-refractivity contribution in [2.24, 2.45) is 0 Å². The molecule has 1 amide bonds. The van der Waals surface area contributed by atoms with Crippen molar-refractivity contribution >= 4 is 46.4 Å². The zero-order chi connectivity index (χ0) is 22.0. The van der Waals surface area contributed by atoms with Crippen LogP contribution in [0, 0.1) is 27.2 Å². The summed E-state index contributed by atoms with van der Waals surface area (Å²) in [4.78, 5) is 32.4. The summed E-state index contributed by atoms with van der Waals surface area (Å²) in [5, 5.41) is 33.2. The predicted octanol–water partition coefficient (Wildman–Crippen LogP) is 3.20. The fourth-order valence-corrected chi connectivity index (χ4v) is 3.21. The van der Waals surface area contributed by atoms with E-state index in [4.69, 9.17) is 23.2 Å². The summed E-state index contributed by atoms with van der Waals surface area (Å²) in [6.07, 6.45) is 1.60. The van der Waals surface area contributed by atoms with Crippen LogP contribution in [0.3, 0.4) is 0 Å². The third-order valence-corrected chi connectivity index (χ3v) is 4.80. The number of amides is 1. The Labute approximate surface area is 178 Å². The zero-order valence-electron chi connectivity index (χ0n) is 15.3. The van der Waals surface area contributed by atoms with Gasteiger partial charge in [-0.15, -0.1) is 0 Å². The van der Waals surface area contributed by atoms with Gasteiger partial charge in [0, 0.05) is 27.9 Å². The number of hydrogen-bond donors (Lipinski definition) is 1. The standard InChI is InChI=1S/C16H13Cl2N7O5/c1-9-15(24(27)28)16(25(29)30)21-23(9)8-14(26)19-13-5-6-22(20-13)7-10-11(17)3-2-4-12(10)18/h2-6H,7-8H2,1H3,(H,19,20,26). The molecule has 30 heavy (non-hydrogen) atoms. The van der Waals surface area contributed by atoms with E-state index < -0.39 is 33.8 Å². The first-order chi connectivity index (χ1) is 14.2. The highest BCUT2D eigenvalue weighted by atomic mass is 35.5. The van der Waals surface area contributed by atoms with E-state index in [1.165, 1.54) is 17.7 Å². The number of nitro groups is 2. The van der Waals surface area contributed by atoms with Gasteiger partial charge in [-0.1, -0.05) is 29.3 Å². The largest absolute Gasteiger partial charge is 0.468 e. The Morgan fingerprint density at radius 2 is 1.80 bits per heavy atom. The second-order valence-corrected chi connectivity index (χ2v) is 6.89. The van der Waals surface area contributed by atoms with E-state index in [0.29, 0.717) is 15.6 Å². The van der Waals surface area contributed by atoms with Crippen LogP contribution in [-0.4, -0.2) is 35.3 Å². The fraction of sp³-hybridized carbons (Fsp3) is 0.188. The van der Waals surface area contributed by atoms with Crippen LogP contribution in [0.25, 0.3) is 0 Å². The van der Waals surface area contributed by atoms with Crippen LogP contribution in [0.2, 0.25) is 10.0 Å². The van der Waals surface area contributed by atoms with Gasteiger partial charge in [-0.2, -0.15) is 9.78 Å². The van der Waals surface area contributed by atoms with Gasteiger partial charge in [0.25, 0.3) is 0 Å². The number of rotatable bonds is 7. The van der Waals surface area contributed by atoms with Crippen molar-refractivity contribution in [3.05, 3.63) is 72.0 Å². The molecule has 14 heteroatoms. The lowest BCUT2D eigenvalue weighted by Gasteiger charge is -2.07. The number of halogens is 2. The molecule has 0 unspecified atom stereocenters. The number of nitrogens with zero attached hydrogens (tertiary/aromatic N) is 6. The molecule has 1 N–H and O–H groups in total. The molecular weight excluding hydrogens is 441 g/mol. The highest BCUT2D eigenvalue weighted by molar-refractivity contribution is 6.35. The van der Waals surface area contributed by atoms with Gasteiger partial charge in [-0.05, 0) is 24.0 Å². The molecule has 0 atom stereocenters. The van der Waals surface area contributed by atoms with Crippen LogP contribution in [0.5, 0.6) is 0 Å². The molecule has 0 aliphatic carbocycles. The Balaban J connectivity index is 1.72. The highest BCUT2D eigenvalue weighted by Crippen LogP contribution is 2.29. The first-order valence-electron chi connectivity index (χ1n) is 8.29. The number of nitrogens with one attached hydrogen (secondary N) is 1. The third-order valence-electron chi connectivity index (χ3n) is 4.10. The van der Waals surface area contributed by atoms with E-state index in [1.807, 2.05) is 0 Å². The molecule has 2 heterocycles. The Hall–Kier alpha value is -3.51. The van der Waals surface area contributed by atoms with Crippen molar-refractivity contribution in [1.29, 1.82) is 0 Å². The molecule has 0 spiro atoms. The molecule has 156 valence electrons. The second-order valence-electron chi connectivity index (χ2n) is 6.08. The number of carbonyl (C=O) groups excluding carboxylic acids is 1. The van der Waals surface area contributed by atoms with Crippen LogP contribution < -0.4 is 5.32 Å². The topological polar surface area (TPSA) is 151 Å². The molecule has 2 aromatic heterocycles. The second kappa shape index (κ2) is 8.47. The predicted molar refractivity (Wildman–Crippen MR) is 107 cm³/mol. The van der Waals surface area contributed by atoms with Crippen molar-refractivity contribution in [2.45, 2.75) is 20.0 Å². The van der Waals surface area contributed by atoms with Crippen LogP contribution in [0.15, 0.2) is 30.5 Å². The van der Waals surface area contributed by atoms with E-state index >= 15 is 0 Å². The zero-order valence-corrected chi connectivity index (χ0v) is 16.8. The van der Waals surface area contributed by atoms with Crippen molar-refractivity contribution in [1.82, 2.24) is 19.6 Å². The normalized spacial score (nSPS) is 10.8. The van der Waals surface area contributed by atoms with Crippen molar-refractivity contribution in [3.8, 4) is 0 Å². The lowest BCUT2D eigenvalue weighted by Crippen LogP contribution is -2.20. The monoisotopic (exact) mass is 453 g/mol. The number of hydrogen-bond acceptors (Lipinski definition) is 7. The van der Waals surface area contributed by atoms with Crippen molar-refractivity contribution in [2.75, 3.05) is 5.32 Å². The van der Waals surface area contributed by atoms with Gasteiger partial charge in [0.15, 0.2) is 5.82 Å². The van der Waals surface area contributed by atoms with Gasteiger partial charge in [0.1, 0.15) is 12.2 Å². The maximum atomic E-state index is 12.3. The van der Waals surface area contributed by atoms with E-state index in [2.05, 4.69) is 15.5 Å². The van der Waals surface area contributed by atoms with E-state index in [9.17, 15) is 25.0 Å². The summed E-state index contributed by atoms with van der Waals surface area (Å²) in [6.45, 7) is 1.07. The smallest absolute Gasteiger partial charge is 0.358 e. The summed E-state index contributed by atoms with van der Waals surface area (Å²) in [6, 6.07) is 6.64. The SMILES string of the molecule is Cc1c([N+](=O)[O-])c([N+](=O)[O-])nn1CC(=O)Nc1ccn(Cc2c(Cl)cccc2Cl)n1. The average molecular weight is 454 g/mol. The maximum absolute atomic E-state index is 12.3. The summed E-state index contributed by atoms with van der Waals surface area (Å²) >= 11 is 12.3. The van der Waals surface area contributed by atoms with E-state index in [-0.39, 0.29) is 18.1 Å². The Morgan fingerprint density at radius 3 is 2.37 bits per heavy atom. The Morgan fingerprint density at radius 1 is 1.13 bits per heavy atom. The molecule has 0 saturated carbocycles. The van der Waals surface area contributed by atoms with Gasteiger partial charge in [0.05, 0.1) is 16.6 Å². The Bertz CT molecular complexity index is 1140. The lowest BCUT2D eigenvalue weighted by molar-refractivity contribution is -0.424. The first kappa shape index (κ1) is 21.2. The minimum Gasteiger partial charge on any atom is -0.358 e. The molecule has 0 aliphatic rings. The van der Waals surface area contributed by atoms with Crippen LogP contribution in [0.1, 0.15) is 11.3 Å². The molecule has 0 bridgehead atoms. The number of anilines is 1. The van der Waals surface area contributed by atoms with Crippen molar-refractivity contribution in [3.63, 3.8) is 0 Å². The van der Waals surface area contributed by atoms with E-state index in [0.717, 1.165) is 4.68 Å².